The van der Waals surface area contributed by atoms with Crippen LogP contribution in [0, 0.1) is 6.92 Å². The summed E-state index contributed by atoms with van der Waals surface area (Å²) >= 11 is 1.82. The van der Waals surface area contributed by atoms with Crippen LogP contribution in [-0.4, -0.2) is 28.9 Å². The summed E-state index contributed by atoms with van der Waals surface area (Å²) < 4.78 is 7.00. The van der Waals surface area contributed by atoms with Gasteiger partial charge >= 0.3 is 0 Å². The summed E-state index contributed by atoms with van der Waals surface area (Å²) in [7, 11) is 0. The van der Waals surface area contributed by atoms with E-state index in [4.69, 9.17) is 4.74 Å². The SMILES string of the molecule is CCOCC(=O)Nc1c2c(nn1-c1ccc(C)cc1)CSC2. The molecule has 1 N–H and O–H groups in total. The zero-order valence-electron chi connectivity index (χ0n) is 12.8. The first-order valence-corrected chi connectivity index (χ1v) is 8.47. The van der Waals surface area contributed by atoms with Gasteiger partial charge in [0, 0.05) is 23.7 Å². The highest BCUT2D eigenvalue weighted by molar-refractivity contribution is 7.98. The number of aromatic nitrogens is 2. The Hall–Kier alpha value is -1.79. The van der Waals surface area contributed by atoms with E-state index in [-0.39, 0.29) is 12.5 Å². The van der Waals surface area contributed by atoms with Gasteiger partial charge in [-0.1, -0.05) is 17.7 Å². The van der Waals surface area contributed by atoms with Crippen molar-refractivity contribution in [3.05, 3.63) is 41.1 Å². The molecule has 1 amide bonds. The molecule has 0 unspecified atom stereocenters. The molecular weight excluding hydrogens is 298 g/mol. The minimum atomic E-state index is -0.144. The fourth-order valence-corrected chi connectivity index (χ4v) is 3.41. The van der Waals surface area contributed by atoms with E-state index in [2.05, 4.69) is 10.4 Å². The zero-order valence-corrected chi connectivity index (χ0v) is 13.6. The molecule has 2 aromatic rings. The average molecular weight is 317 g/mol. The molecule has 5 nitrogen and oxygen atoms in total. The van der Waals surface area contributed by atoms with E-state index in [1.807, 2.05) is 54.6 Å². The van der Waals surface area contributed by atoms with Crippen molar-refractivity contribution in [2.24, 2.45) is 0 Å². The Morgan fingerprint density at radius 2 is 2.14 bits per heavy atom. The first-order chi connectivity index (χ1) is 10.7. The van der Waals surface area contributed by atoms with Gasteiger partial charge in [-0.2, -0.15) is 16.9 Å². The molecule has 0 aliphatic carbocycles. The van der Waals surface area contributed by atoms with Crippen molar-refractivity contribution in [2.75, 3.05) is 18.5 Å². The number of benzene rings is 1. The number of fused-ring (bicyclic) bond motifs is 1. The molecule has 0 radical (unpaired) electrons. The number of hydrogen-bond donors (Lipinski definition) is 1. The first kappa shape index (κ1) is 15.1. The fourth-order valence-electron chi connectivity index (χ4n) is 2.38. The van der Waals surface area contributed by atoms with Crippen molar-refractivity contribution in [3.8, 4) is 5.69 Å². The summed E-state index contributed by atoms with van der Waals surface area (Å²) in [4.78, 5) is 12.0. The summed E-state index contributed by atoms with van der Waals surface area (Å²) in [5.74, 6) is 2.40. The number of rotatable bonds is 5. The molecule has 0 fully saturated rings. The highest BCUT2D eigenvalue weighted by atomic mass is 32.2. The molecular formula is C16H19N3O2S. The third-order valence-corrected chi connectivity index (χ3v) is 4.50. The van der Waals surface area contributed by atoms with Gasteiger partial charge in [-0.25, -0.2) is 4.68 Å². The molecule has 0 bridgehead atoms. The zero-order chi connectivity index (χ0) is 15.5. The van der Waals surface area contributed by atoms with E-state index in [0.717, 1.165) is 34.3 Å². The standard InChI is InChI=1S/C16H19N3O2S/c1-3-21-8-15(20)17-16-13-9-22-10-14(13)18-19(16)12-6-4-11(2)5-7-12/h4-7H,3,8-10H2,1-2H3,(H,17,20). The van der Waals surface area contributed by atoms with E-state index >= 15 is 0 Å². The van der Waals surface area contributed by atoms with Crippen molar-refractivity contribution in [3.63, 3.8) is 0 Å². The van der Waals surface area contributed by atoms with Crippen molar-refractivity contribution < 1.29 is 9.53 Å². The lowest BCUT2D eigenvalue weighted by atomic mass is 10.2. The largest absolute Gasteiger partial charge is 0.372 e. The van der Waals surface area contributed by atoms with Gasteiger partial charge in [0.1, 0.15) is 12.4 Å². The Morgan fingerprint density at radius 1 is 1.36 bits per heavy atom. The van der Waals surface area contributed by atoms with Crippen molar-refractivity contribution in [2.45, 2.75) is 25.4 Å². The predicted molar refractivity (Wildman–Crippen MR) is 88.4 cm³/mol. The molecule has 0 spiro atoms. The van der Waals surface area contributed by atoms with Gasteiger partial charge in [0.15, 0.2) is 0 Å². The number of anilines is 1. The number of nitrogens with one attached hydrogen (secondary N) is 1. The van der Waals surface area contributed by atoms with E-state index in [1.54, 1.807) is 0 Å². The van der Waals surface area contributed by atoms with E-state index < -0.39 is 0 Å². The Morgan fingerprint density at radius 3 is 2.86 bits per heavy atom. The Bertz CT molecular complexity index is 679. The molecule has 0 saturated heterocycles. The molecule has 116 valence electrons. The molecule has 22 heavy (non-hydrogen) atoms. The Balaban J connectivity index is 1.93. The van der Waals surface area contributed by atoms with Gasteiger partial charge in [0.2, 0.25) is 0 Å². The number of carbonyl (C=O) groups excluding carboxylic acids is 1. The normalized spacial score (nSPS) is 13.2. The van der Waals surface area contributed by atoms with Crippen LogP contribution in [0.15, 0.2) is 24.3 Å². The lowest BCUT2D eigenvalue weighted by Gasteiger charge is -2.11. The van der Waals surface area contributed by atoms with Gasteiger partial charge in [-0.15, -0.1) is 0 Å². The van der Waals surface area contributed by atoms with Gasteiger partial charge < -0.3 is 10.1 Å². The van der Waals surface area contributed by atoms with Crippen LogP contribution in [0.3, 0.4) is 0 Å². The van der Waals surface area contributed by atoms with Gasteiger partial charge in [0.25, 0.3) is 5.91 Å². The highest BCUT2D eigenvalue weighted by Gasteiger charge is 2.24. The highest BCUT2D eigenvalue weighted by Crippen LogP contribution is 2.36. The topological polar surface area (TPSA) is 56.1 Å². The number of carbonyl (C=O) groups is 1. The maximum Gasteiger partial charge on any atom is 0.251 e. The second kappa shape index (κ2) is 6.54. The molecule has 0 saturated carbocycles. The van der Waals surface area contributed by atoms with Crippen LogP contribution in [0.5, 0.6) is 0 Å². The van der Waals surface area contributed by atoms with Crippen LogP contribution in [0.25, 0.3) is 5.69 Å². The number of nitrogens with zero attached hydrogens (tertiary/aromatic N) is 2. The third-order valence-electron chi connectivity index (χ3n) is 3.53. The minimum absolute atomic E-state index is 0.0670. The summed E-state index contributed by atoms with van der Waals surface area (Å²) in [5, 5.41) is 7.63. The smallest absolute Gasteiger partial charge is 0.251 e. The molecule has 1 aromatic heterocycles. The van der Waals surface area contributed by atoms with Crippen LogP contribution < -0.4 is 5.32 Å². The molecule has 1 aromatic carbocycles. The molecule has 3 rings (SSSR count). The molecule has 6 heteroatoms. The summed E-state index contributed by atoms with van der Waals surface area (Å²) in [5.41, 5.74) is 4.32. The van der Waals surface area contributed by atoms with Crippen molar-refractivity contribution in [1.82, 2.24) is 9.78 Å². The lowest BCUT2D eigenvalue weighted by molar-refractivity contribution is -0.120. The van der Waals surface area contributed by atoms with E-state index in [1.165, 1.54) is 5.56 Å². The van der Waals surface area contributed by atoms with Crippen molar-refractivity contribution >= 4 is 23.5 Å². The number of amides is 1. The van der Waals surface area contributed by atoms with Gasteiger partial charge in [0.05, 0.1) is 11.4 Å². The van der Waals surface area contributed by atoms with Crippen LogP contribution in [0.4, 0.5) is 5.82 Å². The van der Waals surface area contributed by atoms with Gasteiger partial charge in [-0.05, 0) is 26.0 Å². The number of aryl methyl sites for hydroxylation is 1. The Kier molecular flexibility index (Phi) is 4.49. The van der Waals surface area contributed by atoms with E-state index in [9.17, 15) is 4.79 Å². The van der Waals surface area contributed by atoms with Crippen LogP contribution in [0.2, 0.25) is 0 Å². The van der Waals surface area contributed by atoms with Crippen LogP contribution in [0.1, 0.15) is 23.7 Å². The van der Waals surface area contributed by atoms with E-state index in [0.29, 0.717) is 6.61 Å². The Labute approximate surface area is 134 Å². The monoisotopic (exact) mass is 317 g/mol. The summed E-state index contributed by atoms with van der Waals surface area (Å²) in [6.45, 7) is 4.52. The van der Waals surface area contributed by atoms with Crippen molar-refractivity contribution in [1.29, 1.82) is 0 Å². The minimum Gasteiger partial charge on any atom is -0.372 e. The fraction of sp³-hybridized carbons (Fsp3) is 0.375. The first-order valence-electron chi connectivity index (χ1n) is 7.32. The molecule has 0 atom stereocenters. The molecule has 2 heterocycles. The quantitative estimate of drug-likeness (QED) is 0.921. The summed E-state index contributed by atoms with van der Waals surface area (Å²) in [6, 6.07) is 8.12. The molecule has 1 aliphatic rings. The number of ether oxygens (including phenoxy) is 1. The van der Waals surface area contributed by atoms with Crippen LogP contribution >= 0.6 is 11.8 Å². The van der Waals surface area contributed by atoms with Gasteiger partial charge in [-0.3, -0.25) is 4.79 Å². The summed E-state index contributed by atoms with van der Waals surface area (Å²) in [6.07, 6.45) is 0. The predicted octanol–water partition coefficient (Wildman–Crippen LogP) is 2.90. The third kappa shape index (κ3) is 3.03. The number of hydrogen-bond acceptors (Lipinski definition) is 4. The second-order valence-corrected chi connectivity index (χ2v) is 6.18. The van der Waals surface area contributed by atoms with Crippen LogP contribution in [-0.2, 0) is 21.0 Å². The lowest BCUT2D eigenvalue weighted by Crippen LogP contribution is -2.21. The maximum absolute atomic E-state index is 12.0. The maximum atomic E-state index is 12.0. The number of thioether (sulfide) groups is 1. The second-order valence-electron chi connectivity index (χ2n) is 5.20. The molecule has 1 aliphatic heterocycles. The average Bonchev–Trinajstić information content (AvgIpc) is 3.09.